The molecule has 1 aromatic carbocycles. The van der Waals surface area contributed by atoms with Gasteiger partial charge in [-0.15, -0.1) is 0 Å². The Balaban J connectivity index is 2.10. The largest absolute Gasteiger partial charge is 0.482 e. The third-order valence-electron chi connectivity index (χ3n) is 4.26. The molecule has 0 fully saturated rings. The summed E-state index contributed by atoms with van der Waals surface area (Å²) in [5.74, 6) is -1.35. The van der Waals surface area contributed by atoms with E-state index in [2.05, 4.69) is 0 Å². The van der Waals surface area contributed by atoms with Crippen molar-refractivity contribution in [2.24, 2.45) is 13.0 Å². The number of nitrogens with zero attached hydrogens (tertiary/aromatic N) is 2. The molecular weight excluding hydrogens is 414 g/mol. The number of ether oxygens (including phenoxy) is 2. The highest BCUT2D eigenvalue weighted by atomic mass is 35.5. The molecule has 10 heteroatoms. The van der Waals surface area contributed by atoms with Gasteiger partial charge in [-0.25, -0.2) is 9.59 Å². The number of ketones is 1. The number of esters is 1. The van der Waals surface area contributed by atoms with E-state index in [1.54, 1.807) is 25.1 Å². The number of halogens is 1. The van der Waals surface area contributed by atoms with Gasteiger partial charge in [-0.1, -0.05) is 25.4 Å². The second-order valence-electron chi connectivity index (χ2n) is 7.19. The van der Waals surface area contributed by atoms with Crippen LogP contribution in [0.4, 0.5) is 5.82 Å². The van der Waals surface area contributed by atoms with E-state index in [1.807, 2.05) is 13.8 Å². The SMILES string of the molecule is Cc1cc(Cl)ccc1OCC(=O)OCC(=O)c1c(N)n(CC(C)C)c(=O)n(C)c1=O. The normalized spacial score (nSPS) is 10.9. The fourth-order valence-electron chi connectivity index (χ4n) is 2.76. The summed E-state index contributed by atoms with van der Waals surface area (Å²) in [7, 11) is 1.26. The van der Waals surface area contributed by atoms with Gasteiger partial charge in [0.1, 0.15) is 17.1 Å². The molecule has 0 spiro atoms. The van der Waals surface area contributed by atoms with Gasteiger partial charge in [0.25, 0.3) is 5.56 Å². The van der Waals surface area contributed by atoms with E-state index in [0.717, 1.165) is 14.7 Å². The summed E-state index contributed by atoms with van der Waals surface area (Å²) in [6, 6.07) is 4.90. The van der Waals surface area contributed by atoms with E-state index < -0.39 is 36.2 Å². The van der Waals surface area contributed by atoms with Gasteiger partial charge in [0.2, 0.25) is 5.78 Å². The molecule has 2 aromatic rings. The van der Waals surface area contributed by atoms with Crippen molar-refractivity contribution < 1.29 is 19.1 Å². The number of nitrogens with two attached hydrogens (primary N) is 1. The minimum absolute atomic E-state index is 0.0526. The lowest BCUT2D eigenvalue weighted by Crippen LogP contribution is -2.43. The Morgan fingerprint density at radius 1 is 1.20 bits per heavy atom. The summed E-state index contributed by atoms with van der Waals surface area (Å²) >= 11 is 5.86. The Bertz CT molecular complexity index is 1090. The number of aromatic nitrogens is 2. The molecular formula is C20H24ClN3O6. The van der Waals surface area contributed by atoms with Crippen LogP contribution >= 0.6 is 11.6 Å². The van der Waals surface area contributed by atoms with Crippen LogP contribution < -0.4 is 21.7 Å². The molecule has 2 N–H and O–H groups in total. The molecule has 0 aliphatic rings. The average molecular weight is 438 g/mol. The van der Waals surface area contributed by atoms with Crippen molar-refractivity contribution in [3.8, 4) is 5.75 Å². The minimum atomic E-state index is -0.841. The number of Topliss-reactive ketones (excluding diaryl/α,β-unsaturated/α-hetero) is 1. The van der Waals surface area contributed by atoms with Gasteiger partial charge in [-0.05, 0) is 36.6 Å². The lowest BCUT2D eigenvalue weighted by atomic mass is 10.1. The first kappa shape index (κ1) is 23.2. The number of carbonyl (C=O) groups excluding carboxylic acids is 2. The van der Waals surface area contributed by atoms with Crippen molar-refractivity contribution >= 4 is 29.2 Å². The summed E-state index contributed by atoms with van der Waals surface area (Å²) < 4.78 is 12.2. The standard InChI is InChI=1S/C20H24ClN3O6/c1-11(2)8-24-18(22)17(19(27)23(4)20(24)28)14(25)9-30-16(26)10-29-15-6-5-13(21)7-12(15)3/h5-7,11H,8-10,22H2,1-4H3. The van der Waals surface area contributed by atoms with Crippen LogP contribution in [0.3, 0.4) is 0 Å². The van der Waals surface area contributed by atoms with E-state index in [1.165, 1.54) is 7.05 Å². The first-order valence-corrected chi connectivity index (χ1v) is 9.57. The van der Waals surface area contributed by atoms with Crippen molar-refractivity contribution in [1.29, 1.82) is 0 Å². The van der Waals surface area contributed by atoms with Crippen LogP contribution in [0.2, 0.25) is 5.02 Å². The minimum Gasteiger partial charge on any atom is -0.482 e. The molecule has 9 nitrogen and oxygen atoms in total. The molecule has 1 aromatic heterocycles. The molecule has 1 heterocycles. The van der Waals surface area contributed by atoms with Gasteiger partial charge < -0.3 is 15.2 Å². The summed E-state index contributed by atoms with van der Waals surface area (Å²) in [4.78, 5) is 49.1. The number of hydrogen-bond donors (Lipinski definition) is 1. The first-order chi connectivity index (χ1) is 14.0. The highest BCUT2D eigenvalue weighted by molar-refractivity contribution is 6.30. The quantitative estimate of drug-likeness (QED) is 0.491. The number of rotatable bonds is 8. The lowest BCUT2D eigenvalue weighted by Gasteiger charge is -2.16. The molecule has 0 saturated carbocycles. The number of nitrogen functional groups attached to an aromatic ring is 1. The Morgan fingerprint density at radius 2 is 1.87 bits per heavy atom. The zero-order chi connectivity index (χ0) is 22.6. The predicted octanol–water partition coefficient (Wildman–Crippen LogP) is 1.55. The van der Waals surface area contributed by atoms with Crippen LogP contribution in [0, 0.1) is 12.8 Å². The fourth-order valence-corrected chi connectivity index (χ4v) is 2.98. The first-order valence-electron chi connectivity index (χ1n) is 9.20. The van der Waals surface area contributed by atoms with E-state index in [9.17, 15) is 19.2 Å². The Morgan fingerprint density at radius 3 is 2.47 bits per heavy atom. The second-order valence-corrected chi connectivity index (χ2v) is 7.63. The highest BCUT2D eigenvalue weighted by Crippen LogP contribution is 2.21. The van der Waals surface area contributed by atoms with Gasteiger partial charge in [-0.2, -0.15) is 0 Å². The topological polar surface area (TPSA) is 123 Å². The maximum absolute atomic E-state index is 12.5. The maximum Gasteiger partial charge on any atom is 0.344 e. The van der Waals surface area contributed by atoms with Gasteiger partial charge in [0.05, 0.1) is 0 Å². The summed E-state index contributed by atoms with van der Waals surface area (Å²) in [5.41, 5.74) is 4.81. The van der Waals surface area contributed by atoms with E-state index in [4.69, 9.17) is 26.8 Å². The molecule has 0 aliphatic heterocycles. The van der Waals surface area contributed by atoms with Gasteiger partial charge in [0, 0.05) is 18.6 Å². The molecule has 30 heavy (non-hydrogen) atoms. The molecule has 0 radical (unpaired) electrons. The molecule has 0 atom stereocenters. The van der Waals surface area contributed by atoms with Crippen molar-refractivity contribution in [2.45, 2.75) is 27.3 Å². The van der Waals surface area contributed by atoms with Crippen molar-refractivity contribution in [2.75, 3.05) is 18.9 Å². The highest BCUT2D eigenvalue weighted by Gasteiger charge is 2.23. The number of hydrogen-bond acceptors (Lipinski definition) is 7. The Labute approximate surface area is 178 Å². The third-order valence-corrected chi connectivity index (χ3v) is 4.49. The van der Waals surface area contributed by atoms with E-state index >= 15 is 0 Å². The Hall–Kier alpha value is -3.07. The predicted molar refractivity (Wildman–Crippen MR) is 112 cm³/mol. The molecule has 162 valence electrons. The van der Waals surface area contributed by atoms with Crippen LogP contribution in [-0.4, -0.2) is 34.1 Å². The second kappa shape index (κ2) is 9.62. The van der Waals surface area contributed by atoms with Crippen LogP contribution in [0.25, 0.3) is 0 Å². The number of carbonyl (C=O) groups is 2. The van der Waals surface area contributed by atoms with Crippen LogP contribution in [-0.2, 0) is 23.1 Å². The molecule has 2 rings (SSSR count). The average Bonchev–Trinajstić information content (AvgIpc) is 2.67. The van der Waals surface area contributed by atoms with E-state index in [0.29, 0.717) is 10.8 Å². The van der Waals surface area contributed by atoms with Crippen LogP contribution in [0.5, 0.6) is 5.75 Å². The molecule has 0 saturated heterocycles. The van der Waals surface area contributed by atoms with Gasteiger partial charge in [-0.3, -0.25) is 18.7 Å². The Kier molecular flexibility index (Phi) is 7.44. The van der Waals surface area contributed by atoms with Crippen molar-refractivity contribution in [1.82, 2.24) is 9.13 Å². The maximum atomic E-state index is 12.5. The smallest absolute Gasteiger partial charge is 0.344 e. The third kappa shape index (κ3) is 5.29. The molecule has 0 aliphatic carbocycles. The molecule has 0 amide bonds. The lowest BCUT2D eigenvalue weighted by molar-refractivity contribution is -0.144. The summed E-state index contributed by atoms with van der Waals surface area (Å²) in [6.45, 7) is 4.58. The molecule has 0 unspecified atom stereocenters. The zero-order valence-electron chi connectivity index (χ0n) is 17.2. The van der Waals surface area contributed by atoms with Crippen molar-refractivity contribution in [3.05, 3.63) is 55.2 Å². The van der Waals surface area contributed by atoms with Crippen LogP contribution in [0.15, 0.2) is 27.8 Å². The summed E-state index contributed by atoms with van der Waals surface area (Å²) in [5, 5.41) is 0.533. The summed E-state index contributed by atoms with van der Waals surface area (Å²) in [6.07, 6.45) is 0. The van der Waals surface area contributed by atoms with Gasteiger partial charge >= 0.3 is 11.7 Å². The zero-order valence-corrected chi connectivity index (χ0v) is 18.0. The number of aryl methyl sites for hydroxylation is 1. The van der Waals surface area contributed by atoms with Crippen LogP contribution in [0.1, 0.15) is 29.8 Å². The van der Waals surface area contributed by atoms with Crippen molar-refractivity contribution in [3.63, 3.8) is 0 Å². The number of anilines is 1. The van der Waals surface area contributed by atoms with E-state index in [-0.39, 0.29) is 23.8 Å². The monoisotopic (exact) mass is 437 g/mol. The molecule has 0 bridgehead atoms. The number of benzene rings is 1. The fraction of sp³-hybridized carbons (Fsp3) is 0.400. The van der Waals surface area contributed by atoms with Gasteiger partial charge in [0.15, 0.2) is 13.2 Å².